The highest BCUT2D eigenvalue weighted by Gasteiger charge is 2.14. The van der Waals surface area contributed by atoms with E-state index in [1.165, 1.54) is 28.4 Å². The third-order valence-corrected chi connectivity index (χ3v) is 3.79. The van der Waals surface area contributed by atoms with Crippen LogP contribution in [-0.4, -0.2) is 40.9 Å². The summed E-state index contributed by atoms with van der Waals surface area (Å²) in [4.78, 5) is 12.2. The van der Waals surface area contributed by atoms with Crippen LogP contribution in [-0.2, 0) is 4.79 Å². The van der Waals surface area contributed by atoms with Crippen molar-refractivity contribution in [1.29, 1.82) is 0 Å². The number of benzene rings is 2. The van der Waals surface area contributed by atoms with Gasteiger partial charge in [0.1, 0.15) is 5.75 Å². The van der Waals surface area contributed by atoms with Gasteiger partial charge in [0.15, 0.2) is 11.5 Å². The molecule has 7 nitrogen and oxygen atoms in total. The second-order valence-electron chi connectivity index (χ2n) is 5.16. The van der Waals surface area contributed by atoms with Crippen LogP contribution in [0.25, 0.3) is 0 Å². The Morgan fingerprint density at radius 2 is 1.54 bits per heavy atom. The average molecular weight is 381 g/mol. The highest BCUT2D eigenvalue weighted by atomic mass is 35.5. The van der Waals surface area contributed by atoms with E-state index in [9.17, 15) is 4.79 Å². The SMILES string of the molecule is COc1ccc(Cl)cc1NC(=O)CNc1cc(OC)c(OC)c(OC)c1. The Kier molecular flexibility index (Phi) is 6.80. The van der Waals surface area contributed by atoms with Gasteiger partial charge in [-0.1, -0.05) is 11.6 Å². The first-order valence-electron chi connectivity index (χ1n) is 7.69. The number of nitrogens with one attached hydrogen (secondary N) is 2. The Morgan fingerprint density at radius 3 is 2.08 bits per heavy atom. The lowest BCUT2D eigenvalue weighted by Crippen LogP contribution is -2.22. The highest BCUT2D eigenvalue weighted by Crippen LogP contribution is 2.39. The van der Waals surface area contributed by atoms with Gasteiger partial charge in [-0.25, -0.2) is 0 Å². The number of hydrogen-bond acceptors (Lipinski definition) is 6. The van der Waals surface area contributed by atoms with Gasteiger partial charge in [0.05, 0.1) is 40.7 Å². The first-order chi connectivity index (χ1) is 12.5. The van der Waals surface area contributed by atoms with Crippen molar-refractivity contribution in [3.8, 4) is 23.0 Å². The van der Waals surface area contributed by atoms with Crippen LogP contribution in [0.2, 0.25) is 5.02 Å². The van der Waals surface area contributed by atoms with Crippen molar-refractivity contribution in [3.05, 3.63) is 35.4 Å². The summed E-state index contributed by atoms with van der Waals surface area (Å²) in [7, 11) is 6.10. The second-order valence-corrected chi connectivity index (χ2v) is 5.60. The van der Waals surface area contributed by atoms with Gasteiger partial charge in [0.25, 0.3) is 0 Å². The molecule has 0 atom stereocenters. The normalized spacial score (nSPS) is 10.0. The number of carbonyl (C=O) groups excluding carboxylic acids is 1. The number of amides is 1. The van der Waals surface area contributed by atoms with Gasteiger partial charge in [-0.3, -0.25) is 4.79 Å². The lowest BCUT2D eigenvalue weighted by atomic mass is 10.2. The molecule has 2 aromatic rings. The molecule has 0 aliphatic heterocycles. The molecule has 8 heteroatoms. The monoisotopic (exact) mass is 380 g/mol. The van der Waals surface area contributed by atoms with Crippen molar-refractivity contribution in [2.45, 2.75) is 0 Å². The van der Waals surface area contributed by atoms with Crippen molar-refractivity contribution in [3.63, 3.8) is 0 Å². The number of methoxy groups -OCH3 is 4. The maximum absolute atomic E-state index is 12.2. The molecule has 2 rings (SSSR count). The van der Waals surface area contributed by atoms with E-state index in [4.69, 9.17) is 30.5 Å². The molecule has 0 bridgehead atoms. The molecular formula is C18H21ClN2O5. The van der Waals surface area contributed by atoms with Gasteiger partial charge < -0.3 is 29.6 Å². The molecule has 0 heterocycles. The average Bonchev–Trinajstić information content (AvgIpc) is 2.65. The van der Waals surface area contributed by atoms with Gasteiger partial charge in [-0.05, 0) is 18.2 Å². The van der Waals surface area contributed by atoms with Crippen LogP contribution in [0.5, 0.6) is 23.0 Å². The van der Waals surface area contributed by atoms with Gasteiger partial charge in [0.2, 0.25) is 11.7 Å². The number of halogens is 1. The van der Waals surface area contributed by atoms with Gasteiger partial charge in [-0.15, -0.1) is 0 Å². The fourth-order valence-electron chi connectivity index (χ4n) is 2.34. The first kappa shape index (κ1) is 19.5. The summed E-state index contributed by atoms with van der Waals surface area (Å²) in [5.41, 5.74) is 1.14. The highest BCUT2D eigenvalue weighted by molar-refractivity contribution is 6.31. The summed E-state index contributed by atoms with van der Waals surface area (Å²) in [5, 5.41) is 6.27. The molecule has 0 saturated heterocycles. The quantitative estimate of drug-likeness (QED) is 0.730. The van der Waals surface area contributed by atoms with E-state index in [-0.39, 0.29) is 12.5 Å². The molecule has 0 saturated carbocycles. The van der Waals surface area contributed by atoms with E-state index >= 15 is 0 Å². The van der Waals surface area contributed by atoms with Gasteiger partial charge >= 0.3 is 0 Å². The molecule has 0 radical (unpaired) electrons. The maximum atomic E-state index is 12.2. The Balaban J connectivity index is 2.09. The van der Waals surface area contributed by atoms with Crippen molar-refractivity contribution >= 4 is 28.9 Å². The molecular weight excluding hydrogens is 360 g/mol. The van der Waals surface area contributed by atoms with Crippen LogP contribution in [0.4, 0.5) is 11.4 Å². The third kappa shape index (κ3) is 4.64. The number of carbonyl (C=O) groups is 1. The van der Waals surface area contributed by atoms with Crippen LogP contribution in [0, 0.1) is 0 Å². The van der Waals surface area contributed by atoms with Crippen molar-refractivity contribution in [1.82, 2.24) is 0 Å². The van der Waals surface area contributed by atoms with Crippen LogP contribution < -0.4 is 29.6 Å². The zero-order chi connectivity index (χ0) is 19.1. The molecule has 0 aliphatic carbocycles. The Bertz CT molecular complexity index is 757. The van der Waals surface area contributed by atoms with Gasteiger partial charge in [-0.2, -0.15) is 0 Å². The fraction of sp³-hybridized carbons (Fsp3) is 0.278. The lowest BCUT2D eigenvalue weighted by Gasteiger charge is -2.15. The molecule has 140 valence electrons. The molecule has 0 aliphatic rings. The minimum Gasteiger partial charge on any atom is -0.495 e. The molecule has 2 aromatic carbocycles. The number of hydrogen-bond donors (Lipinski definition) is 2. The molecule has 0 aromatic heterocycles. The molecule has 0 spiro atoms. The standard InChI is InChI=1S/C18H21ClN2O5/c1-23-14-6-5-11(19)7-13(14)21-17(22)10-20-12-8-15(24-2)18(26-4)16(9-12)25-3/h5-9,20H,10H2,1-4H3,(H,21,22). The van der Waals surface area contributed by atoms with E-state index in [1.54, 1.807) is 30.3 Å². The number of rotatable bonds is 8. The molecule has 0 fully saturated rings. The molecule has 2 N–H and O–H groups in total. The summed E-state index contributed by atoms with van der Waals surface area (Å²) in [5.74, 6) is 1.72. The zero-order valence-electron chi connectivity index (χ0n) is 15.0. The largest absolute Gasteiger partial charge is 0.495 e. The first-order valence-corrected chi connectivity index (χ1v) is 8.07. The van der Waals surface area contributed by atoms with E-state index in [0.29, 0.717) is 39.4 Å². The number of anilines is 2. The summed E-state index contributed by atoms with van der Waals surface area (Å²) in [6, 6.07) is 8.43. The van der Waals surface area contributed by atoms with E-state index in [2.05, 4.69) is 10.6 Å². The van der Waals surface area contributed by atoms with Crippen LogP contribution in [0.3, 0.4) is 0 Å². The lowest BCUT2D eigenvalue weighted by molar-refractivity contribution is -0.114. The minimum atomic E-state index is -0.265. The Labute approximate surface area is 157 Å². The Hall–Kier alpha value is -2.80. The smallest absolute Gasteiger partial charge is 0.243 e. The summed E-state index contributed by atoms with van der Waals surface area (Å²) in [6.45, 7) is 0.0221. The topological polar surface area (TPSA) is 78.1 Å². The minimum absolute atomic E-state index is 0.0221. The molecule has 0 unspecified atom stereocenters. The Morgan fingerprint density at radius 1 is 0.923 bits per heavy atom. The summed E-state index contributed by atoms with van der Waals surface area (Å²) < 4.78 is 21.1. The van der Waals surface area contributed by atoms with E-state index in [0.717, 1.165) is 0 Å². The maximum Gasteiger partial charge on any atom is 0.243 e. The van der Waals surface area contributed by atoms with E-state index < -0.39 is 0 Å². The van der Waals surface area contributed by atoms with Crippen molar-refractivity contribution < 1.29 is 23.7 Å². The van der Waals surface area contributed by atoms with Crippen LogP contribution >= 0.6 is 11.6 Å². The fourth-order valence-corrected chi connectivity index (χ4v) is 2.51. The third-order valence-electron chi connectivity index (χ3n) is 3.55. The zero-order valence-corrected chi connectivity index (χ0v) is 15.8. The summed E-state index contributed by atoms with van der Waals surface area (Å²) in [6.07, 6.45) is 0. The predicted octanol–water partition coefficient (Wildman–Crippen LogP) is 3.43. The van der Waals surface area contributed by atoms with Gasteiger partial charge in [0, 0.05) is 22.8 Å². The van der Waals surface area contributed by atoms with Crippen molar-refractivity contribution in [2.24, 2.45) is 0 Å². The van der Waals surface area contributed by atoms with Crippen molar-refractivity contribution in [2.75, 3.05) is 45.6 Å². The number of ether oxygens (including phenoxy) is 4. The second kappa shape index (κ2) is 9.05. The van der Waals surface area contributed by atoms with Crippen LogP contribution in [0.1, 0.15) is 0 Å². The molecule has 1 amide bonds. The summed E-state index contributed by atoms with van der Waals surface area (Å²) >= 11 is 5.96. The van der Waals surface area contributed by atoms with E-state index in [1.807, 2.05) is 0 Å². The van der Waals surface area contributed by atoms with Crippen LogP contribution in [0.15, 0.2) is 30.3 Å². The predicted molar refractivity (Wildman–Crippen MR) is 101 cm³/mol. The molecule has 26 heavy (non-hydrogen) atoms.